The zero-order chi connectivity index (χ0) is 15.4. The van der Waals surface area contributed by atoms with Gasteiger partial charge < -0.3 is 15.0 Å². The van der Waals surface area contributed by atoms with Crippen molar-refractivity contribution in [3.8, 4) is 6.07 Å². The van der Waals surface area contributed by atoms with Gasteiger partial charge in [-0.15, -0.1) is 0 Å². The number of para-hydroxylation sites is 2. The third-order valence-electron chi connectivity index (χ3n) is 3.47. The molecule has 3 rings (SSSR count). The van der Waals surface area contributed by atoms with Crippen LogP contribution in [0.4, 0.5) is 5.95 Å². The number of anilines is 1. The molecule has 0 aliphatic carbocycles. The summed E-state index contributed by atoms with van der Waals surface area (Å²) in [6, 6.07) is 17.6. The number of hydrogen-bond acceptors (Lipinski definition) is 4. The topological polar surface area (TPSA) is 73.9 Å². The first-order valence-electron chi connectivity index (χ1n) is 7.11. The second-order valence-electron chi connectivity index (χ2n) is 4.97. The molecule has 0 spiro atoms. The summed E-state index contributed by atoms with van der Waals surface area (Å²) in [6.07, 6.45) is 0. The van der Waals surface area contributed by atoms with Gasteiger partial charge in [-0.25, -0.2) is 4.98 Å². The number of fused-ring (bicyclic) bond motifs is 1. The number of imidazole rings is 1. The molecule has 0 aliphatic rings. The zero-order valence-electron chi connectivity index (χ0n) is 12.0. The molecule has 1 heterocycles. The van der Waals surface area contributed by atoms with Crippen molar-refractivity contribution in [2.45, 2.75) is 6.54 Å². The molecule has 2 aromatic carbocycles. The molecule has 0 fully saturated rings. The lowest BCUT2D eigenvalue weighted by molar-refractivity contribution is 0.310. The van der Waals surface area contributed by atoms with E-state index in [-0.39, 0.29) is 6.61 Å². The first-order valence-corrected chi connectivity index (χ1v) is 7.11. The minimum Gasteiger partial charge on any atom is -0.395 e. The number of aromatic nitrogens is 2. The number of aliphatic hydroxyl groups is 1. The summed E-state index contributed by atoms with van der Waals surface area (Å²) in [7, 11) is 0. The van der Waals surface area contributed by atoms with Gasteiger partial charge in [0, 0.05) is 6.54 Å². The molecule has 110 valence electrons. The quantitative estimate of drug-likeness (QED) is 0.757. The van der Waals surface area contributed by atoms with E-state index >= 15 is 0 Å². The summed E-state index contributed by atoms with van der Waals surface area (Å²) in [5.41, 5.74) is 3.69. The summed E-state index contributed by atoms with van der Waals surface area (Å²) < 4.78 is 2.08. The molecule has 0 radical (unpaired) electrons. The molecule has 22 heavy (non-hydrogen) atoms. The summed E-state index contributed by atoms with van der Waals surface area (Å²) >= 11 is 0. The summed E-state index contributed by atoms with van der Waals surface area (Å²) in [4.78, 5) is 4.57. The predicted molar refractivity (Wildman–Crippen MR) is 85.6 cm³/mol. The molecular formula is C17H16N4O. The zero-order valence-corrected chi connectivity index (χ0v) is 12.0. The van der Waals surface area contributed by atoms with E-state index in [1.54, 1.807) is 0 Å². The highest BCUT2D eigenvalue weighted by Crippen LogP contribution is 2.21. The Bertz CT molecular complexity index is 815. The smallest absolute Gasteiger partial charge is 0.204 e. The van der Waals surface area contributed by atoms with E-state index in [9.17, 15) is 0 Å². The highest BCUT2D eigenvalue weighted by Gasteiger charge is 2.10. The lowest BCUT2D eigenvalue weighted by Gasteiger charge is -2.10. The fraction of sp³-hybridized carbons (Fsp3) is 0.176. The van der Waals surface area contributed by atoms with Gasteiger partial charge in [0.05, 0.1) is 35.8 Å². The van der Waals surface area contributed by atoms with Crippen LogP contribution >= 0.6 is 0 Å². The fourth-order valence-electron chi connectivity index (χ4n) is 2.41. The Labute approximate surface area is 128 Å². The van der Waals surface area contributed by atoms with Gasteiger partial charge in [-0.1, -0.05) is 24.3 Å². The van der Waals surface area contributed by atoms with Crippen molar-refractivity contribution in [1.82, 2.24) is 9.55 Å². The van der Waals surface area contributed by atoms with Crippen molar-refractivity contribution < 1.29 is 5.11 Å². The maximum Gasteiger partial charge on any atom is 0.204 e. The number of benzene rings is 2. The average molecular weight is 292 g/mol. The van der Waals surface area contributed by atoms with Gasteiger partial charge in [0.2, 0.25) is 5.95 Å². The van der Waals surface area contributed by atoms with Gasteiger partial charge >= 0.3 is 0 Å². The molecule has 0 aliphatic heterocycles. The molecule has 0 saturated carbocycles. The van der Waals surface area contributed by atoms with E-state index in [0.717, 1.165) is 22.5 Å². The van der Waals surface area contributed by atoms with E-state index in [4.69, 9.17) is 10.4 Å². The maximum absolute atomic E-state index is 9.01. The van der Waals surface area contributed by atoms with Gasteiger partial charge in [0.15, 0.2) is 0 Å². The Balaban J connectivity index is 1.98. The van der Waals surface area contributed by atoms with Crippen LogP contribution in [-0.4, -0.2) is 27.8 Å². The number of rotatable bonds is 5. The second-order valence-corrected chi connectivity index (χ2v) is 4.97. The van der Waals surface area contributed by atoms with Gasteiger partial charge in [0.25, 0.3) is 0 Å². The van der Waals surface area contributed by atoms with Crippen molar-refractivity contribution in [1.29, 1.82) is 5.26 Å². The lowest BCUT2D eigenvalue weighted by Crippen LogP contribution is -2.12. The molecule has 2 N–H and O–H groups in total. The first-order chi connectivity index (χ1) is 10.8. The minimum absolute atomic E-state index is 0.0556. The molecule has 0 amide bonds. The Morgan fingerprint density at radius 2 is 1.91 bits per heavy atom. The van der Waals surface area contributed by atoms with Crippen LogP contribution in [0.15, 0.2) is 48.5 Å². The maximum atomic E-state index is 9.01. The van der Waals surface area contributed by atoms with Crippen LogP contribution < -0.4 is 5.32 Å². The average Bonchev–Trinajstić information content (AvgIpc) is 2.91. The van der Waals surface area contributed by atoms with E-state index < -0.39 is 0 Å². The minimum atomic E-state index is 0.0556. The Kier molecular flexibility index (Phi) is 4.03. The number of nitrogens with zero attached hydrogens (tertiary/aromatic N) is 3. The standard InChI is InChI=1S/C17H16N4O/c18-11-13-5-7-14(8-6-13)12-21-16-4-2-1-3-15(16)20-17(21)19-9-10-22/h1-8,22H,9-10,12H2,(H,19,20). The molecule has 5 nitrogen and oxygen atoms in total. The van der Waals surface area contributed by atoms with Crippen LogP contribution in [0, 0.1) is 11.3 Å². The third kappa shape index (κ3) is 2.78. The molecule has 3 aromatic rings. The molecule has 5 heteroatoms. The van der Waals surface area contributed by atoms with Crippen molar-refractivity contribution >= 4 is 17.0 Å². The van der Waals surface area contributed by atoms with Crippen molar-refractivity contribution in [3.05, 3.63) is 59.7 Å². The van der Waals surface area contributed by atoms with Gasteiger partial charge in [-0.2, -0.15) is 5.26 Å². The molecule has 0 saturated heterocycles. The monoisotopic (exact) mass is 292 g/mol. The molecule has 1 aromatic heterocycles. The van der Waals surface area contributed by atoms with E-state index in [2.05, 4.69) is 20.9 Å². The number of aliphatic hydroxyl groups excluding tert-OH is 1. The highest BCUT2D eigenvalue weighted by atomic mass is 16.3. The van der Waals surface area contributed by atoms with Crippen LogP contribution in [-0.2, 0) is 6.54 Å². The van der Waals surface area contributed by atoms with Crippen molar-refractivity contribution in [2.75, 3.05) is 18.5 Å². The molecular weight excluding hydrogens is 276 g/mol. The van der Waals surface area contributed by atoms with E-state index in [1.165, 1.54) is 0 Å². The number of nitriles is 1. The van der Waals surface area contributed by atoms with Crippen LogP contribution in [0.1, 0.15) is 11.1 Å². The highest BCUT2D eigenvalue weighted by molar-refractivity contribution is 5.78. The summed E-state index contributed by atoms with van der Waals surface area (Å²) in [6.45, 7) is 1.16. The van der Waals surface area contributed by atoms with E-state index in [1.807, 2.05) is 48.5 Å². The normalized spacial score (nSPS) is 10.5. The second kappa shape index (κ2) is 6.29. The van der Waals surface area contributed by atoms with Crippen LogP contribution in [0.3, 0.4) is 0 Å². The van der Waals surface area contributed by atoms with Gasteiger partial charge in [-0.3, -0.25) is 0 Å². The van der Waals surface area contributed by atoms with Gasteiger partial charge in [-0.05, 0) is 29.8 Å². The Morgan fingerprint density at radius 1 is 1.14 bits per heavy atom. The van der Waals surface area contributed by atoms with Crippen LogP contribution in [0.2, 0.25) is 0 Å². The van der Waals surface area contributed by atoms with Crippen molar-refractivity contribution in [2.24, 2.45) is 0 Å². The Hall–Kier alpha value is -2.84. The summed E-state index contributed by atoms with van der Waals surface area (Å²) in [5, 5.41) is 21.0. The summed E-state index contributed by atoms with van der Waals surface area (Å²) in [5.74, 6) is 0.736. The van der Waals surface area contributed by atoms with Gasteiger partial charge in [0.1, 0.15) is 0 Å². The number of nitrogens with one attached hydrogen (secondary N) is 1. The number of hydrogen-bond donors (Lipinski definition) is 2. The first kappa shape index (κ1) is 14.1. The largest absolute Gasteiger partial charge is 0.395 e. The third-order valence-corrected chi connectivity index (χ3v) is 3.47. The lowest BCUT2D eigenvalue weighted by atomic mass is 10.1. The van der Waals surface area contributed by atoms with Crippen LogP contribution in [0.5, 0.6) is 0 Å². The van der Waals surface area contributed by atoms with E-state index in [0.29, 0.717) is 18.7 Å². The Morgan fingerprint density at radius 3 is 2.64 bits per heavy atom. The molecule has 0 atom stereocenters. The molecule has 0 unspecified atom stereocenters. The SMILES string of the molecule is N#Cc1ccc(Cn2c(NCCO)nc3ccccc32)cc1. The van der Waals surface area contributed by atoms with Crippen molar-refractivity contribution in [3.63, 3.8) is 0 Å². The van der Waals surface area contributed by atoms with Crippen LogP contribution in [0.25, 0.3) is 11.0 Å². The predicted octanol–water partition coefficient (Wildman–Crippen LogP) is 2.36. The fourth-order valence-corrected chi connectivity index (χ4v) is 2.41. The molecule has 0 bridgehead atoms.